The highest BCUT2D eigenvalue weighted by Crippen LogP contribution is 2.33. The van der Waals surface area contributed by atoms with E-state index in [1.54, 1.807) is 0 Å². The van der Waals surface area contributed by atoms with Crippen molar-refractivity contribution in [3.8, 4) is 11.5 Å². The summed E-state index contributed by atoms with van der Waals surface area (Å²) in [7, 11) is 0. The third-order valence-corrected chi connectivity index (χ3v) is 3.95. The molecule has 0 radical (unpaired) electrons. The summed E-state index contributed by atoms with van der Waals surface area (Å²) < 4.78 is 11.2. The van der Waals surface area contributed by atoms with E-state index >= 15 is 0 Å². The van der Waals surface area contributed by atoms with Crippen LogP contribution in [0, 0.1) is 5.92 Å². The van der Waals surface area contributed by atoms with E-state index in [-0.39, 0.29) is 0 Å². The van der Waals surface area contributed by atoms with Crippen LogP contribution in [0.1, 0.15) is 31.2 Å². The van der Waals surface area contributed by atoms with E-state index < -0.39 is 12.1 Å². The van der Waals surface area contributed by atoms with Gasteiger partial charge in [0.05, 0.1) is 6.61 Å². The van der Waals surface area contributed by atoms with Gasteiger partial charge >= 0.3 is 5.97 Å². The number of fused-ring (bicyclic) bond motifs is 1. The molecule has 1 unspecified atom stereocenters. The second-order valence-electron chi connectivity index (χ2n) is 5.38. The quantitative estimate of drug-likeness (QED) is 0.906. The van der Waals surface area contributed by atoms with Gasteiger partial charge < -0.3 is 14.6 Å². The maximum atomic E-state index is 10.9. The maximum absolute atomic E-state index is 10.9. The molecule has 1 heterocycles. The number of carboxylic acid groups (broad SMARTS) is 1. The lowest BCUT2D eigenvalue weighted by atomic mass is 10.1. The molecule has 19 heavy (non-hydrogen) atoms. The molecular weight excluding hydrogens is 244 g/mol. The molecule has 102 valence electrons. The zero-order valence-corrected chi connectivity index (χ0v) is 10.8. The molecule has 0 spiro atoms. The summed E-state index contributed by atoms with van der Waals surface area (Å²) in [6.07, 6.45) is 4.81. The van der Waals surface area contributed by atoms with Crippen LogP contribution < -0.4 is 9.47 Å². The summed E-state index contributed by atoms with van der Waals surface area (Å²) in [6.45, 7) is 0.751. The van der Waals surface area contributed by atoms with Crippen LogP contribution in [0.25, 0.3) is 0 Å². The molecule has 0 bridgehead atoms. The highest BCUT2D eigenvalue weighted by atomic mass is 16.5. The first kappa shape index (κ1) is 12.3. The molecule has 4 nitrogen and oxygen atoms in total. The number of carbonyl (C=O) groups is 1. The van der Waals surface area contributed by atoms with Crippen molar-refractivity contribution >= 4 is 5.97 Å². The fraction of sp³-hybridized carbons (Fsp3) is 0.533. The molecule has 1 N–H and O–H groups in total. The van der Waals surface area contributed by atoms with E-state index in [2.05, 4.69) is 0 Å². The molecule has 1 atom stereocenters. The van der Waals surface area contributed by atoms with Gasteiger partial charge in [0.2, 0.25) is 0 Å². The second kappa shape index (κ2) is 5.11. The average Bonchev–Trinajstić information content (AvgIpc) is 3.04. The van der Waals surface area contributed by atoms with E-state index in [9.17, 15) is 4.79 Å². The topological polar surface area (TPSA) is 55.8 Å². The van der Waals surface area contributed by atoms with Gasteiger partial charge in [0.25, 0.3) is 0 Å². The zero-order chi connectivity index (χ0) is 13.2. The van der Waals surface area contributed by atoms with Crippen molar-refractivity contribution in [2.45, 2.75) is 38.2 Å². The minimum Gasteiger partial charge on any atom is -0.493 e. The summed E-state index contributed by atoms with van der Waals surface area (Å²) in [5.41, 5.74) is 0.945. The number of carboxylic acids is 1. The zero-order valence-electron chi connectivity index (χ0n) is 10.8. The fourth-order valence-electron chi connectivity index (χ4n) is 2.83. The van der Waals surface area contributed by atoms with Crippen molar-refractivity contribution in [3.05, 3.63) is 23.8 Å². The Kier molecular flexibility index (Phi) is 3.32. The SMILES string of the molecule is O=C(O)C1Cc2ccc(OCC3CCCC3)cc2O1. The average molecular weight is 262 g/mol. The van der Waals surface area contributed by atoms with Gasteiger partial charge in [-0.1, -0.05) is 18.9 Å². The molecule has 1 aromatic carbocycles. The molecule has 1 aliphatic carbocycles. The van der Waals surface area contributed by atoms with Gasteiger partial charge in [0.1, 0.15) is 11.5 Å². The van der Waals surface area contributed by atoms with Crippen molar-refractivity contribution in [2.75, 3.05) is 6.61 Å². The lowest BCUT2D eigenvalue weighted by Crippen LogP contribution is -2.24. The molecule has 1 aromatic rings. The second-order valence-corrected chi connectivity index (χ2v) is 5.38. The minimum absolute atomic E-state index is 0.438. The molecule has 0 saturated heterocycles. The predicted octanol–water partition coefficient (Wildman–Crippen LogP) is 2.64. The van der Waals surface area contributed by atoms with Crippen molar-refractivity contribution < 1.29 is 19.4 Å². The summed E-state index contributed by atoms with van der Waals surface area (Å²) >= 11 is 0. The van der Waals surface area contributed by atoms with E-state index in [1.807, 2.05) is 18.2 Å². The van der Waals surface area contributed by atoms with Gasteiger partial charge in [-0.2, -0.15) is 0 Å². The molecule has 0 amide bonds. The molecule has 3 rings (SSSR count). The Morgan fingerprint density at radius 3 is 2.89 bits per heavy atom. The molecular formula is C15H18O4. The molecule has 1 aliphatic heterocycles. The van der Waals surface area contributed by atoms with Crippen LogP contribution in [0.2, 0.25) is 0 Å². The van der Waals surface area contributed by atoms with Crippen molar-refractivity contribution in [1.29, 1.82) is 0 Å². The fourth-order valence-corrected chi connectivity index (χ4v) is 2.83. The predicted molar refractivity (Wildman–Crippen MR) is 69.7 cm³/mol. The highest BCUT2D eigenvalue weighted by Gasteiger charge is 2.29. The number of aliphatic carboxylic acids is 1. The summed E-state index contributed by atoms with van der Waals surface area (Å²) in [6, 6.07) is 5.62. The minimum atomic E-state index is -0.912. The lowest BCUT2D eigenvalue weighted by Gasteiger charge is -2.12. The van der Waals surface area contributed by atoms with E-state index in [4.69, 9.17) is 14.6 Å². The number of ether oxygens (including phenoxy) is 2. The van der Waals surface area contributed by atoms with Gasteiger partial charge in [-0.15, -0.1) is 0 Å². The first-order chi connectivity index (χ1) is 9.22. The van der Waals surface area contributed by atoms with Crippen LogP contribution in [0.4, 0.5) is 0 Å². The van der Waals surface area contributed by atoms with Crippen LogP contribution >= 0.6 is 0 Å². The molecule has 1 fully saturated rings. The normalized spacial score (nSPS) is 22.0. The van der Waals surface area contributed by atoms with E-state index in [0.29, 0.717) is 18.1 Å². The van der Waals surface area contributed by atoms with E-state index in [0.717, 1.165) is 17.9 Å². The van der Waals surface area contributed by atoms with Gasteiger partial charge in [0, 0.05) is 12.5 Å². The van der Waals surface area contributed by atoms with Crippen LogP contribution in [0.5, 0.6) is 11.5 Å². The molecule has 1 saturated carbocycles. The van der Waals surface area contributed by atoms with Gasteiger partial charge in [-0.25, -0.2) is 4.79 Å². The van der Waals surface area contributed by atoms with Crippen LogP contribution in [-0.4, -0.2) is 23.8 Å². The van der Waals surface area contributed by atoms with Crippen LogP contribution in [-0.2, 0) is 11.2 Å². The van der Waals surface area contributed by atoms with Crippen LogP contribution in [0.15, 0.2) is 18.2 Å². The number of benzene rings is 1. The molecule has 2 aliphatic rings. The Morgan fingerprint density at radius 2 is 2.16 bits per heavy atom. The molecule has 0 aromatic heterocycles. The maximum Gasteiger partial charge on any atom is 0.345 e. The number of hydrogen-bond acceptors (Lipinski definition) is 3. The van der Waals surface area contributed by atoms with Gasteiger partial charge in [0.15, 0.2) is 6.10 Å². The summed E-state index contributed by atoms with van der Waals surface area (Å²) in [4.78, 5) is 10.9. The van der Waals surface area contributed by atoms with Crippen molar-refractivity contribution in [3.63, 3.8) is 0 Å². The van der Waals surface area contributed by atoms with Gasteiger partial charge in [-0.05, 0) is 30.4 Å². The smallest absolute Gasteiger partial charge is 0.345 e. The monoisotopic (exact) mass is 262 g/mol. The Hall–Kier alpha value is -1.71. The van der Waals surface area contributed by atoms with Crippen molar-refractivity contribution in [1.82, 2.24) is 0 Å². The number of rotatable bonds is 4. The largest absolute Gasteiger partial charge is 0.493 e. The Balaban J connectivity index is 1.62. The first-order valence-corrected chi connectivity index (χ1v) is 6.87. The Bertz CT molecular complexity index is 477. The number of hydrogen-bond donors (Lipinski definition) is 1. The Morgan fingerprint density at radius 1 is 1.37 bits per heavy atom. The third-order valence-electron chi connectivity index (χ3n) is 3.95. The Labute approximate surface area is 112 Å². The summed E-state index contributed by atoms with van der Waals surface area (Å²) in [5, 5.41) is 8.95. The highest BCUT2D eigenvalue weighted by molar-refractivity contribution is 5.74. The third kappa shape index (κ3) is 2.67. The first-order valence-electron chi connectivity index (χ1n) is 6.87. The van der Waals surface area contributed by atoms with Crippen molar-refractivity contribution in [2.24, 2.45) is 5.92 Å². The standard InChI is InChI=1S/C15H18O4/c16-15(17)14-7-11-5-6-12(8-13(11)19-14)18-9-10-3-1-2-4-10/h5-6,8,10,14H,1-4,7,9H2,(H,16,17). The van der Waals surface area contributed by atoms with E-state index in [1.165, 1.54) is 25.7 Å². The van der Waals surface area contributed by atoms with Crippen LogP contribution in [0.3, 0.4) is 0 Å². The lowest BCUT2D eigenvalue weighted by molar-refractivity contribution is -0.144. The summed E-state index contributed by atoms with van der Waals surface area (Å²) in [5.74, 6) is 1.18. The molecule has 4 heteroatoms. The van der Waals surface area contributed by atoms with Gasteiger partial charge in [-0.3, -0.25) is 0 Å².